The summed E-state index contributed by atoms with van der Waals surface area (Å²) in [5.74, 6) is 2.90. The molecule has 3 aliphatic heterocycles. The molecule has 2 aliphatic carbocycles. The summed E-state index contributed by atoms with van der Waals surface area (Å²) in [6, 6.07) is 0. The number of amides is 1. The van der Waals surface area contributed by atoms with Crippen LogP contribution < -0.4 is 21.4 Å². The lowest BCUT2D eigenvalue weighted by molar-refractivity contribution is -0.127. The van der Waals surface area contributed by atoms with E-state index in [2.05, 4.69) is 26.4 Å². The average molecular weight is 468 g/mol. The van der Waals surface area contributed by atoms with Gasteiger partial charge in [0.25, 0.3) is 0 Å². The summed E-state index contributed by atoms with van der Waals surface area (Å²) in [5.41, 5.74) is 3.46. The van der Waals surface area contributed by atoms with E-state index in [1.165, 1.54) is 25.7 Å². The second-order valence-corrected chi connectivity index (χ2v) is 11.6. The summed E-state index contributed by atoms with van der Waals surface area (Å²) < 4.78 is 6.37. The van der Waals surface area contributed by atoms with E-state index in [1.807, 2.05) is 0 Å². The third kappa shape index (κ3) is 5.61. The lowest BCUT2D eigenvalue weighted by atomic mass is 9.72. The van der Waals surface area contributed by atoms with Crippen LogP contribution in [0.3, 0.4) is 0 Å². The highest BCUT2D eigenvalue weighted by molar-refractivity contribution is 6.21. The highest BCUT2D eigenvalue weighted by Gasteiger charge is 2.46. The molecule has 0 aromatic rings. The van der Waals surface area contributed by atoms with Crippen LogP contribution in [0.2, 0.25) is 0 Å². The lowest BCUT2D eigenvalue weighted by Gasteiger charge is -2.40. The zero-order chi connectivity index (χ0) is 21.9. The largest absolute Gasteiger partial charge is 0.371 e. The summed E-state index contributed by atoms with van der Waals surface area (Å²) in [6.07, 6.45) is 9.27. The first-order chi connectivity index (χ1) is 15.7. The molecule has 6 unspecified atom stereocenters. The van der Waals surface area contributed by atoms with Gasteiger partial charge in [-0.05, 0) is 68.6 Å². The minimum Gasteiger partial charge on any atom is -0.371 e. The van der Waals surface area contributed by atoms with Crippen LogP contribution in [-0.2, 0) is 9.53 Å². The maximum absolute atomic E-state index is 12.9. The molecule has 182 valence electrons. The molecule has 5 rings (SSSR count). The summed E-state index contributed by atoms with van der Waals surface area (Å²) in [6.45, 7) is 7.07. The molecule has 4 N–H and O–H groups in total. The normalized spacial score (nSPS) is 41.5. The zero-order valence-corrected chi connectivity index (χ0v) is 20.1. The molecule has 32 heavy (non-hydrogen) atoms. The molecule has 8 heteroatoms. The Labute approximate surface area is 198 Å². The van der Waals surface area contributed by atoms with E-state index in [9.17, 15) is 4.79 Å². The van der Waals surface area contributed by atoms with E-state index in [-0.39, 0.29) is 29.4 Å². The van der Waals surface area contributed by atoms with Crippen molar-refractivity contribution in [1.82, 2.24) is 26.4 Å². The number of hydrogen-bond donors (Lipinski definition) is 4. The van der Waals surface area contributed by atoms with Crippen molar-refractivity contribution in [2.24, 2.45) is 29.6 Å². The van der Waals surface area contributed by atoms with E-state index >= 15 is 0 Å². The molecule has 0 spiro atoms. The SMILES string of the molecule is O=C(NC[C@H]1CC2CC(C3CNCNC3)CC(Cl)C2O1)C1CCCC(CN2CCCN2)C1. The van der Waals surface area contributed by atoms with Gasteiger partial charge in [0.1, 0.15) is 0 Å². The number of hydrazine groups is 1. The van der Waals surface area contributed by atoms with Gasteiger partial charge in [0, 0.05) is 51.9 Å². The number of rotatable bonds is 6. The number of fused-ring (bicyclic) bond motifs is 1. The molecule has 1 amide bonds. The summed E-state index contributed by atoms with van der Waals surface area (Å²) in [7, 11) is 0. The minimum atomic E-state index is 0.0969. The Balaban J connectivity index is 1.07. The third-order valence-electron chi connectivity index (χ3n) is 8.68. The molecule has 2 saturated carbocycles. The quantitative estimate of drug-likeness (QED) is 0.445. The van der Waals surface area contributed by atoms with E-state index < -0.39 is 0 Å². The van der Waals surface area contributed by atoms with Gasteiger partial charge < -0.3 is 20.7 Å². The van der Waals surface area contributed by atoms with Gasteiger partial charge in [0.15, 0.2) is 0 Å². The van der Waals surface area contributed by atoms with Crippen molar-refractivity contribution in [2.75, 3.05) is 45.9 Å². The van der Waals surface area contributed by atoms with Gasteiger partial charge in [-0.3, -0.25) is 10.2 Å². The molecule has 7 atom stereocenters. The first-order valence-electron chi connectivity index (χ1n) is 13.1. The smallest absolute Gasteiger partial charge is 0.223 e. The van der Waals surface area contributed by atoms with Crippen molar-refractivity contribution in [3.63, 3.8) is 0 Å². The first kappa shape index (κ1) is 23.3. The third-order valence-corrected chi connectivity index (χ3v) is 9.10. The first-order valence-corrected chi connectivity index (χ1v) is 13.6. The van der Waals surface area contributed by atoms with Crippen LogP contribution in [0, 0.1) is 29.6 Å². The van der Waals surface area contributed by atoms with Crippen LogP contribution in [0.1, 0.15) is 51.4 Å². The number of hydrogen-bond acceptors (Lipinski definition) is 6. The Morgan fingerprint density at radius 3 is 2.72 bits per heavy atom. The van der Waals surface area contributed by atoms with Crippen LogP contribution in [0.4, 0.5) is 0 Å². The zero-order valence-electron chi connectivity index (χ0n) is 19.4. The molecular formula is C24H42ClN5O2. The van der Waals surface area contributed by atoms with Crippen molar-refractivity contribution in [3.8, 4) is 0 Å². The number of nitrogens with one attached hydrogen (secondary N) is 4. The maximum Gasteiger partial charge on any atom is 0.223 e. The molecule has 3 heterocycles. The monoisotopic (exact) mass is 467 g/mol. The van der Waals surface area contributed by atoms with E-state index in [4.69, 9.17) is 16.3 Å². The number of carbonyl (C=O) groups excluding carboxylic acids is 1. The van der Waals surface area contributed by atoms with Crippen molar-refractivity contribution in [2.45, 2.75) is 69.0 Å². The topological polar surface area (TPSA) is 77.7 Å². The van der Waals surface area contributed by atoms with Crippen LogP contribution >= 0.6 is 11.6 Å². The maximum atomic E-state index is 12.9. The van der Waals surface area contributed by atoms with Crippen molar-refractivity contribution in [3.05, 3.63) is 0 Å². The fourth-order valence-electron chi connectivity index (χ4n) is 7.01. The van der Waals surface area contributed by atoms with Crippen LogP contribution in [0.5, 0.6) is 0 Å². The minimum absolute atomic E-state index is 0.0969. The summed E-state index contributed by atoms with van der Waals surface area (Å²) in [5, 5.41) is 12.6. The Morgan fingerprint density at radius 2 is 1.91 bits per heavy atom. The Kier molecular flexibility index (Phi) is 7.92. The Bertz CT molecular complexity index is 628. The van der Waals surface area contributed by atoms with E-state index in [0.717, 1.165) is 65.1 Å². The van der Waals surface area contributed by atoms with E-state index in [0.29, 0.717) is 30.2 Å². The molecule has 3 saturated heterocycles. The van der Waals surface area contributed by atoms with Gasteiger partial charge in [-0.25, -0.2) is 5.01 Å². The van der Waals surface area contributed by atoms with Crippen LogP contribution in [0.15, 0.2) is 0 Å². The number of carbonyl (C=O) groups is 1. The van der Waals surface area contributed by atoms with Crippen LogP contribution in [-0.4, -0.2) is 74.4 Å². The highest BCUT2D eigenvalue weighted by atomic mass is 35.5. The van der Waals surface area contributed by atoms with Crippen molar-refractivity contribution >= 4 is 17.5 Å². The number of ether oxygens (including phenoxy) is 1. The lowest BCUT2D eigenvalue weighted by Crippen LogP contribution is -2.49. The molecule has 7 nitrogen and oxygen atoms in total. The second-order valence-electron chi connectivity index (χ2n) is 11.0. The van der Waals surface area contributed by atoms with Crippen LogP contribution in [0.25, 0.3) is 0 Å². The fraction of sp³-hybridized carbons (Fsp3) is 0.958. The summed E-state index contributed by atoms with van der Waals surface area (Å²) in [4.78, 5) is 12.9. The van der Waals surface area contributed by atoms with Gasteiger partial charge >= 0.3 is 0 Å². The molecule has 0 aromatic heterocycles. The Hall–Kier alpha value is -0.440. The Morgan fingerprint density at radius 1 is 1.03 bits per heavy atom. The second kappa shape index (κ2) is 10.9. The average Bonchev–Trinajstić information content (AvgIpc) is 3.48. The molecule has 5 fully saturated rings. The fourth-order valence-corrected chi connectivity index (χ4v) is 7.51. The summed E-state index contributed by atoms with van der Waals surface area (Å²) >= 11 is 6.80. The van der Waals surface area contributed by atoms with Gasteiger partial charge in [-0.1, -0.05) is 6.42 Å². The van der Waals surface area contributed by atoms with Gasteiger partial charge in [0.2, 0.25) is 5.91 Å². The predicted octanol–water partition coefficient (Wildman–Crippen LogP) is 1.68. The highest BCUT2D eigenvalue weighted by Crippen LogP contribution is 2.44. The van der Waals surface area contributed by atoms with Gasteiger partial charge in [0.05, 0.1) is 17.6 Å². The molecule has 0 bridgehead atoms. The molecule has 0 radical (unpaired) electrons. The number of nitrogens with zero attached hydrogens (tertiary/aromatic N) is 1. The number of alkyl halides is 1. The molecular weight excluding hydrogens is 426 g/mol. The standard InChI is InChI=1S/C24H42ClN5O2/c25-22-10-18(20-11-26-15-27-12-20)8-19-9-21(32-23(19)22)13-28-24(31)17-4-1-3-16(7-17)14-30-6-2-5-29-30/h16-23,26-27,29H,1-15H2,(H,28,31)/t16?,17?,18?,19?,21-,22?,23?/m1/s1. The van der Waals surface area contributed by atoms with Crippen molar-refractivity contribution in [1.29, 1.82) is 0 Å². The number of halogens is 1. The molecule has 5 aliphatic rings. The van der Waals surface area contributed by atoms with Gasteiger partial charge in [-0.2, -0.15) is 0 Å². The van der Waals surface area contributed by atoms with Crippen molar-refractivity contribution < 1.29 is 9.53 Å². The molecule has 0 aromatic carbocycles. The van der Waals surface area contributed by atoms with Gasteiger partial charge in [-0.15, -0.1) is 11.6 Å². The van der Waals surface area contributed by atoms with E-state index in [1.54, 1.807) is 0 Å². The predicted molar refractivity (Wildman–Crippen MR) is 126 cm³/mol.